The molecule has 2 amide bonds. The molecule has 0 unspecified atom stereocenters. The number of carbonyl (C=O) groups excluding carboxylic acids is 2. The van der Waals surface area contributed by atoms with Gasteiger partial charge in [-0.15, -0.1) is 0 Å². The van der Waals surface area contributed by atoms with E-state index in [0.29, 0.717) is 24.4 Å². The second-order valence-electron chi connectivity index (χ2n) is 10.7. The van der Waals surface area contributed by atoms with Crippen molar-refractivity contribution >= 4 is 29.2 Å². The number of anilines is 2. The van der Waals surface area contributed by atoms with Crippen molar-refractivity contribution in [2.24, 2.45) is 0 Å². The monoisotopic (exact) mass is 507 g/mol. The molecular weight excluding hydrogens is 470 g/mol. The largest absolute Gasteiger partial charge is 0.444 e. The first-order valence-electron chi connectivity index (χ1n) is 12.6. The minimum Gasteiger partial charge on any atom is -0.444 e. The van der Waals surface area contributed by atoms with E-state index in [4.69, 9.17) is 4.74 Å². The van der Waals surface area contributed by atoms with E-state index in [2.05, 4.69) is 42.5 Å². The van der Waals surface area contributed by atoms with Gasteiger partial charge in [0.25, 0.3) is 5.91 Å². The number of aromatic nitrogens is 2. The van der Waals surface area contributed by atoms with E-state index < -0.39 is 11.7 Å². The van der Waals surface area contributed by atoms with Crippen molar-refractivity contribution in [3.05, 3.63) is 54.0 Å². The summed E-state index contributed by atoms with van der Waals surface area (Å²) in [4.78, 5) is 40.4. The zero-order chi connectivity index (χ0) is 26.6. The van der Waals surface area contributed by atoms with Crippen LogP contribution in [0, 0.1) is 0 Å². The third-order valence-electron chi connectivity index (χ3n) is 6.16. The van der Waals surface area contributed by atoms with Gasteiger partial charge in [-0.05, 0) is 32.8 Å². The number of alkyl carbamates (subject to hydrolysis) is 1. The molecule has 3 heterocycles. The number of amides is 2. The molecule has 2 aromatic rings. The van der Waals surface area contributed by atoms with Gasteiger partial charge in [-0.25, -0.2) is 14.8 Å². The van der Waals surface area contributed by atoms with Crippen LogP contribution in [-0.2, 0) is 16.0 Å². The van der Waals surface area contributed by atoms with Gasteiger partial charge in [0.2, 0.25) is 0 Å². The number of hydrogen-bond donors (Lipinski definition) is 2. The Hall–Kier alpha value is -3.66. The maximum Gasteiger partial charge on any atom is 0.407 e. The van der Waals surface area contributed by atoms with E-state index in [1.165, 1.54) is 6.33 Å². The van der Waals surface area contributed by atoms with Crippen LogP contribution in [0.3, 0.4) is 0 Å². The van der Waals surface area contributed by atoms with E-state index in [-0.39, 0.29) is 11.9 Å². The summed E-state index contributed by atoms with van der Waals surface area (Å²) in [5.41, 5.74) is 1.93. The summed E-state index contributed by atoms with van der Waals surface area (Å²) in [6, 6.07) is 10.1. The van der Waals surface area contributed by atoms with Crippen LogP contribution in [0.4, 0.5) is 16.4 Å². The van der Waals surface area contributed by atoms with Crippen LogP contribution in [-0.4, -0.2) is 90.2 Å². The summed E-state index contributed by atoms with van der Waals surface area (Å²) in [6.45, 7) is 9.39. The van der Waals surface area contributed by atoms with Gasteiger partial charge in [0, 0.05) is 59.1 Å². The Labute approximate surface area is 218 Å². The highest BCUT2D eigenvalue weighted by molar-refractivity contribution is 6.32. The molecule has 0 radical (unpaired) electrons. The number of fused-ring (bicyclic) bond motifs is 1. The van der Waals surface area contributed by atoms with Gasteiger partial charge in [0.05, 0.1) is 11.1 Å². The molecule has 1 fully saturated rings. The van der Waals surface area contributed by atoms with Gasteiger partial charge in [0.15, 0.2) is 0 Å². The zero-order valence-electron chi connectivity index (χ0n) is 22.3. The lowest BCUT2D eigenvalue weighted by Crippen LogP contribution is -2.52. The fourth-order valence-corrected chi connectivity index (χ4v) is 4.62. The first kappa shape index (κ1) is 26.4. The average Bonchev–Trinajstić information content (AvgIpc) is 3.13. The van der Waals surface area contributed by atoms with Crippen LogP contribution in [0.5, 0.6) is 0 Å². The number of benzene rings is 1. The molecule has 0 spiro atoms. The normalized spacial score (nSPS) is 17.8. The number of carbonyl (C=O) groups is 2. The van der Waals surface area contributed by atoms with Crippen molar-refractivity contribution in [2.45, 2.75) is 38.8 Å². The average molecular weight is 508 g/mol. The molecular formula is C27H37N7O3. The third-order valence-corrected chi connectivity index (χ3v) is 6.16. The zero-order valence-corrected chi connectivity index (χ0v) is 22.3. The molecule has 2 aliphatic rings. The van der Waals surface area contributed by atoms with E-state index in [0.717, 1.165) is 43.1 Å². The molecule has 4 rings (SSSR count). The quantitative estimate of drug-likeness (QED) is 0.552. The van der Waals surface area contributed by atoms with Crippen LogP contribution in [0.25, 0.3) is 5.57 Å². The number of rotatable bonds is 7. The van der Waals surface area contributed by atoms with E-state index in [1.807, 2.05) is 58.0 Å². The Kier molecular flexibility index (Phi) is 7.97. The minimum absolute atomic E-state index is 0.0939. The van der Waals surface area contributed by atoms with Gasteiger partial charge in [0.1, 0.15) is 23.6 Å². The fraction of sp³-hybridized carbons (Fsp3) is 0.481. The van der Waals surface area contributed by atoms with Crippen molar-refractivity contribution in [3.63, 3.8) is 0 Å². The second kappa shape index (κ2) is 11.2. The predicted molar refractivity (Wildman–Crippen MR) is 144 cm³/mol. The molecule has 198 valence electrons. The Morgan fingerprint density at radius 3 is 2.51 bits per heavy atom. The number of hydrogen-bond acceptors (Lipinski definition) is 8. The second-order valence-corrected chi connectivity index (χ2v) is 10.7. The molecule has 0 saturated carbocycles. The summed E-state index contributed by atoms with van der Waals surface area (Å²) in [5, 5.41) is 5.93. The molecule has 0 bridgehead atoms. The van der Waals surface area contributed by atoms with E-state index >= 15 is 0 Å². The molecule has 10 nitrogen and oxygen atoms in total. The van der Waals surface area contributed by atoms with Crippen LogP contribution in [0.15, 0.2) is 42.9 Å². The van der Waals surface area contributed by atoms with Crippen LogP contribution in [0.1, 0.15) is 31.9 Å². The van der Waals surface area contributed by atoms with Gasteiger partial charge in [-0.3, -0.25) is 9.69 Å². The van der Waals surface area contributed by atoms with Crippen LogP contribution >= 0.6 is 0 Å². The first-order valence-corrected chi connectivity index (χ1v) is 12.6. The summed E-state index contributed by atoms with van der Waals surface area (Å²) in [6.07, 6.45) is 3.62. The molecule has 0 aliphatic carbocycles. The summed E-state index contributed by atoms with van der Waals surface area (Å²) in [7, 11) is 3.77. The fourth-order valence-electron chi connectivity index (χ4n) is 4.62. The molecule has 2 aliphatic heterocycles. The van der Waals surface area contributed by atoms with Crippen molar-refractivity contribution in [1.29, 1.82) is 0 Å². The predicted octanol–water partition coefficient (Wildman–Crippen LogP) is 2.59. The number of piperazine rings is 1. The van der Waals surface area contributed by atoms with Gasteiger partial charge in [-0.2, -0.15) is 0 Å². The molecule has 1 aromatic heterocycles. The van der Waals surface area contributed by atoms with E-state index in [1.54, 1.807) is 6.20 Å². The lowest BCUT2D eigenvalue weighted by atomic mass is 10.0. The third kappa shape index (κ3) is 6.97. The van der Waals surface area contributed by atoms with Crippen LogP contribution in [0.2, 0.25) is 0 Å². The van der Waals surface area contributed by atoms with Crippen molar-refractivity contribution in [2.75, 3.05) is 57.0 Å². The maximum absolute atomic E-state index is 12.6. The highest BCUT2D eigenvalue weighted by Gasteiger charge is 2.33. The molecule has 1 saturated heterocycles. The SMILES string of the molecule is CN(C)C=C1C(=O)Nc2ncnc(N3CCN(C[C@@H](Cc4ccccc4)NC(=O)OC(C)(C)C)CC3)c21. The van der Waals surface area contributed by atoms with Crippen LogP contribution < -0.4 is 15.5 Å². The van der Waals surface area contributed by atoms with Crippen molar-refractivity contribution in [1.82, 2.24) is 25.1 Å². The highest BCUT2D eigenvalue weighted by Crippen LogP contribution is 2.36. The summed E-state index contributed by atoms with van der Waals surface area (Å²) >= 11 is 0. The molecule has 37 heavy (non-hydrogen) atoms. The number of ether oxygens (including phenoxy) is 1. The van der Waals surface area contributed by atoms with Gasteiger partial charge in [-0.1, -0.05) is 30.3 Å². The maximum atomic E-state index is 12.6. The standard InChI is InChI=1S/C27H37N7O3/c1-27(2,3)37-26(36)30-20(15-19-9-7-6-8-10-19)16-33-11-13-34(14-12-33)24-22-21(17-32(4)5)25(35)31-23(22)28-18-29-24/h6-10,17-18,20H,11-16H2,1-5H3,(H,30,36)(H,28,29,31,35)/t20-/m1/s1. The van der Waals surface area contributed by atoms with Crippen molar-refractivity contribution < 1.29 is 14.3 Å². The Balaban J connectivity index is 1.43. The summed E-state index contributed by atoms with van der Waals surface area (Å²) < 4.78 is 5.53. The summed E-state index contributed by atoms with van der Waals surface area (Å²) in [5.74, 6) is 1.15. The Morgan fingerprint density at radius 1 is 1.16 bits per heavy atom. The lowest BCUT2D eigenvalue weighted by Gasteiger charge is -2.37. The minimum atomic E-state index is -0.555. The molecule has 1 aromatic carbocycles. The number of nitrogens with one attached hydrogen (secondary N) is 2. The van der Waals surface area contributed by atoms with Gasteiger partial charge >= 0.3 is 6.09 Å². The van der Waals surface area contributed by atoms with Gasteiger partial charge < -0.3 is 25.2 Å². The van der Waals surface area contributed by atoms with Crippen molar-refractivity contribution in [3.8, 4) is 0 Å². The highest BCUT2D eigenvalue weighted by atomic mass is 16.6. The number of nitrogens with zero attached hydrogens (tertiary/aromatic N) is 5. The smallest absolute Gasteiger partial charge is 0.407 e. The molecule has 10 heteroatoms. The lowest BCUT2D eigenvalue weighted by molar-refractivity contribution is -0.110. The molecule has 1 atom stereocenters. The molecule has 2 N–H and O–H groups in total. The first-order chi connectivity index (χ1) is 17.6. The van der Waals surface area contributed by atoms with E-state index in [9.17, 15) is 9.59 Å². The topological polar surface area (TPSA) is 103 Å². The Morgan fingerprint density at radius 2 is 1.86 bits per heavy atom. The Bertz CT molecular complexity index is 1140.